The summed E-state index contributed by atoms with van der Waals surface area (Å²) >= 11 is 0. The second-order valence-electron chi connectivity index (χ2n) is 7.69. The number of benzene rings is 1. The minimum absolute atomic E-state index is 0.0290. The van der Waals surface area contributed by atoms with Crippen LogP contribution in [0.5, 0.6) is 0 Å². The Hall–Kier alpha value is -2.64. The normalized spacial score (nSPS) is 25.1. The molecule has 1 aromatic carbocycles. The zero-order valence-electron chi connectivity index (χ0n) is 15.9. The quantitative estimate of drug-likeness (QED) is 0.748. The van der Waals surface area contributed by atoms with Gasteiger partial charge in [0.15, 0.2) is 0 Å². The summed E-state index contributed by atoms with van der Waals surface area (Å²) in [5.41, 5.74) is 5.14. The van der Waals surface area contributed by atoms with E-state index in [4.69, 9.17) is 0 Å². The Labute approximate surface area is 165 Å². The van der Waals surface area contributed by atoms with Crippen LogP contribution in [-0.4, -0.2) is 54.8 Å². The van der Waals surface area contributed by atoms with Crippen molar-refractivity contribution in [2.24, 2.45) is 0 Å². The number of carbonyl (C=O) groups excluding carboxylic acids is 1. The first-order valence-corrected chi connectivity index (χ1v) is 10.1. The van der Waals surface area contributed by atoms with Gasteiger partial charge in [0.1, 0.15) is 6.29 Å². The number of aromatic nitrogens is 1. The molecule has 3 N–H and O–H groups in total. The van der Waals surface area contributed by atoms with Crippen molar-refractivity contribution < 1.29 is 4.79 Å². The van der Waals surface area contributed by atoms with Gasteiger partial charge in [-0.05, 0) is 35.7 Å². The maximum atomic E-state index is 12.3. The summed E-state index contributed by atoms with van der Waals surface area (Å²) in [5, 5.41) is 10.3. The number of pyridine rings is 1. The fourth-order valence-electron chi connectivity index (χ4n) is 4.50. The van der Waals surface area contributed by atoms with Crippen molar-refractivity contribution in [3.63, 3.8) is 0 Å². The summed E-state index contributed by atoms with van der Waals surface area (Å²) in [6, 6.07) is 10.6. The standard InChI is InChI=1S/C21H26N6O/c28-19-14-17(15-4-7-22-8-5-15)24-21(25-19)27-12-10-26(11-13-27)18-3-1-2-16-6-9-23-20(16)18/h1-5,7-8,17,21,23-24H,6,9-14H2,(H,25,28). The third-order valence-electron chi connectivity index (χ3n) is 6.00. The lowest BCUT2D eigenvalue weighted by Gasteiger charge is -2.43. The number of nitrogens with zero attached hydrogens (tertiary/aromatic N) is 3. The number of hydrogen-bond donors (Lipinski definition) is 3. The molecule has 2 atom stereocenters. The lowest BCUT2D eigenvalue weighted by molar-refractivity contribution is -0.127. The molecule has 0 radical (unpaired) electrons. The molecule has 2 unspecified atom stereocenters. The summed E-state index contributed by atoms with van der Waals surface area (Å²) in [7, 11) is 0. The van der Waals surface area contributed by atoms with Gasteiger partial charge in [-0.2, -0.15) is 0 Å². The monoisotopic (exact) mass is 378 g/mol. The van der Waals surface area contributed by atoms with Crippen LogP contribution in [0.4, 0.5) is 11.4 Å². The van der Waals surface area contributed by atoms with Gasteiger partial charge in [-0.1, -0.05) is 12.1 Å². The van der Waals surface area contributed by atoms with Crippen LogP contribution in [0, 0.1) is 0 Å². The average molecular weight is 378 g/mol. The van der Waals surface area contributed by atoms with E-state index in [-0.39, 0.29) is 18.2 Å². The molecule has 2 fully saturated rings. The predicted octanol–water partition coefficient (Wildman–Crippen LogP) is 1.31. The summed E-state index contributed by atoms with van der Waals surface area (Å²) in [4.78, 5) is 21.2. The molecule has 28 heavy (non-hydrogen) atoms. The molecule has 5 rings (SSSR count). The highest BCUT2D eigenvalue weighted by Crippen LogP contribution is 2.34. The van der Waals surface area contributed by atoms with Crippen molar-refractivity contribution in [1.29, 1.82) is 0 Å². The number of fused-ring (bicyclic) bond motifs is 1. The Balaban J connectivity index is 1.25. The van der Waals surface area contributed by atoms with Gasteiger partial charge in [-0.3, -0.25) is 20.0 Å². The molecule has 3 aliphatic heterocycles. The first-order chi connectivity index (χ1) is 13.8. The van der Waals surface area contributed by atoms with Crippen molar-refractivity contribution >= 4 is 17.3 Å². The van der Waals surface area contributed by atoms with Crippen molar-refractivity contribution in [3.05, 3.63) is 53.9 Å². The first kappa shape index (κ1) is 17.5. The smallest absolute Gasteiger partial charge is 0.224 e. The fourth-order valence-corrected chi connectivity index (χ4v) is 4.50. The van der Waals surface area contributed by atoms with E-state index in [0.29, 0.717) is 6.42 Å². The van der Waals surface area contributed by atoms with E-state index in [9.17, 15) is 4.79 Å². The fraction of sp³-hybridized carbons (Fsp3) is 0.429. The van der Waals surface area contributed by atoms with E-state index in [0.717, 1.165) is 44.7 Å². The van der Waals surface area contributed by atoms with Crippen LogP contribution in [0.2, 0.25) is 0 Å². The number of piperazine rings is 1. The maximum Gasteiger partial charge on any atom is 0.224 e. The van der Waals surface area contributed by atoms with E-state index in [1.807, 2.05) is 12.1 Å². The Bertz CT molecular complexity index is 849. The van der Waals surface area contributed by atoms with E-state index >= 15 is 0 Å². The topological polar surface area (TPSA) is 72.5 Å². The van der Waals surface area contributed by atoms with E-state index < -0.39 is 0 Å². The molecule has 2 aromatic rings. The second-order valence-corrected chi connectivity index (χ2v) is 7.69. The van der Waals surface area contributed by atoms with Crippen molar-refractivity contribution in [2.75, 3.05) is 42.9 Å². The average Bonchev–Trinajstić information content (AvgIpc) is 3.23. The van der Waals surface area contributed by atoms with Crippen molar-refractivity contribution in [3.8, 4) is 0 Å². The van der Waals surface area contributed by atoms with Gasteiger partial charge in [0.2, 0.25) is 5.91 Å². The molecule has 0 aliphatic carbocycles. The van der Waals surface area contributed by atoms with Crippen LogP contribution in [-0.2, 0) is 11.2 Å². The molecule has 7 nitrogen and oxygen atoms in total. The van der Waals surface area contributed by atoms with Gasteiger partial charge < -0.3 is 15.5 Å². The van der Waals surface area contributed by atoms with Crippen LogP contribution in [0.15, 0.2) is 42.7 Å². The van der Waals surface area contributed by atoms with E-state index in [2.05, 4.69) is 48.9 Å². The Kier molecular flexibility index (Phi) is 4.62. The van der Waals surface area contributed by atoms with Gasteiger partial charge in [0.05, 0.1) is 11.4 Å². The number of hydrogen-bond acceptors (Lipinski definition) is 6. The van der Waals surface area contributed by atoms with Crippen LogP contribution in [0.1, 0.15) is 23.6 Å². The lowest BCUT2D eigenvalue weighted by Crippen LogP contribution is -2.64. The molecule has 7 heteroatoms. The van der Waals surface area contributed by atoms with Crippen LogP contribution in [0.25, 0.3) is 0 Å². The minimum Gasteiger partial charge on any atom is -0.383 e. The summed E-state index contributed by atoms with van der Waals surface area (Å²) in [6.45, 7) is 4.74. The minimum atomic E-state index is -0.124. The molecule has 0 bridgehead atoms. The number of para-hydroxylation sites is 1. The van der Waals surface area contributed by atoms with Gasteiger partial charge in [-0.25, -0.2) is 0 Å². The molecule has 1 aromatic heterocycles. The highest BCUT2D eigenvalue weighted by Gasteiger charge is 2.32. The molecule has 2 saturated heterocycles. The number of anilines is 2. The second kappa shape index (κ2) is 7.41. The van der Waals surface area contributed by atoms with Crippen molar-refractivity contribution in [1.82, 2.24) is 20.5 Å². The zero-order chi connectivity index (χ0) is 18.9. The third-order valence-corrected chi connectivity index (χ3v) is 6.00. The Morgan fingerprint density at radius 1 is 1.04 bits per heavy atom. The maximum absolute atomic E-state index is 12.3. The SMILES string of the molecule is O=C1CC(c2ccncc2)NC(N2CCN(c3cccc4c3NCC4)CC2)N1. The van der Waals surface area contributed by atoms with Gasteiger partial charge >= 0.3 is 0 Å². The first-order valence-electron chi connectivity index (χ1n) is 10.1. The van der Waals surface area contributed by atoms with Crippen LogP contribution < -0.4 is 20.9 Å². The third kappa shape index (κ3) is 3.31. The van der Waals surface area contributed by atoms with Gasteiger partial charge in [0.25, 0.3) is 0 Å². The summed E-state index contributed by atoms with van der Waals surface area (Å²) < 4.78 is 0. The largest absolute Gasteiger partial charge is 0.383 e. The van der Waals surface area contributed by atoms with E-state index in [1.54, 1.807) is 12.4 Å². The molecular weight excluding hydrogens is 352 g/mol. The summed E-state index contributed by atoms with van der Waals surface area (Å²) in [5.74, 6) is 0.0954. The summed E-state index contributed by atoms with van der Waals surface area (Å²) in [6.07, 6.45) is 5.01. The lowest BCUT2D eigenvalue weighted by atomic mass is 10.0. The Morgan fingerprint density at radius 2 is 1.86 bits per heavy atom. The zero-order valence-corrected chi connectivity index (χ0v) is 15.9. The molecule has 0 spiro atoms. The molecular formula is C21H26N6O. The van der Waals surface area contributed by atoms with Gasteiger partial charge in [0, 0.05) is 57.6 Å². The number of nitrogens with one attached hydrogen (secondary N) is 3. The van der Waals surface area contributed by atoms with Crippen LogP contribution >= 0.6 is 0 Å². The van der Waals surface area contributed by atoms with Crippen molar-refractivity contribution in [2.45, 2.75) is 25.2 Å². The van der Waals surface area contributed by atoms with Crippen LogP contribution in [0.3, 0.4) is 0 Å². The molecule has 4 heterocycles. The molecule has 0 saturated carbocycles. The highest BCUT2D eigenvalue weighted by atomic mass is 16.2. The number of rotatable bonds is 3. The number of amides is 1. The highest BCUT2D eigenvalue weighted by molar-refractivity contribution is 5.78. The van der Waals surface area contributed by atoms with E-state index in [1.165, 1.54) is 16.9 Å². The Morgan fingerprint density at radius 3 is 2.68 bits per heavy atom. The molecule has 1 amide bonds. The molecule has 146 valence electrons. The van der Waals surface area contributed by atoms with Gasteiger partial charge in [-0.15, -0.1) is 0 Å². The molecule has 3 aliphatic rings. The number of carbonyl (C=O) groups is 1. The predicted molar refractivity (Wildman–Crippen MR) is 109 cm³/mol.